The summed E-state index contributed by atoms with van der Waals surface area (Å²) in [4.78, 5) is 9.32. The lowest BCUT2D eigenvalue weighted by atomic mass is 10.6. The Morgan fingerprint density at radius 3 is 1.90 bits per heavy atom. The lowest BCUT2D eigenvalue weighted by Gasteiger charge is -1.66. The first-order valence-corrected chi connectivity index (χ1v) is 3.11. The number of aldehydes is 1. The first kappa shape index (κ1) is 11.9. The maximum Gasteiger partial charge on any atom is 0.142 e. The molecule has 0 aromatic carbocycles. The first-order chi connectivity index (χ1) is 4.83. The van der Waals surface area contributed by atoms with Crippen molar-refractivity contribution < 1.29 is 9.90 Å². The first-order valence-electron chi connectivity index (χ1n) is 3.11. The molecule has 0 atom stereocenters. The van der Waals surface area contributed by atoms with Crippen molar-refractivity contribution in [2.24, 2.45) is 0 Å². The summed E-state index contributed by atoms with van der Waals surface area (Å²) in [6.07, 6.45) is 7.37. The average Bonchev–Trinajstić information content (AvgIpc) is 1.93. The fraction of sp³-hybridized carbons (Fsp3) is 0.375. The van der Waals surface area contributed by atoms with Crippen LogP contribution in [0.3, 0.4) is 0 Å². The van der Waals surface area contributed by atoms with E-state index in [1.807, 2.05) is 6.92 Å². The minimum atomic E-state index is 0.163. The summed E-state index contributed by atoms with van der Waals surface area (Å²) in [6, 6.07) is 0. The summed E-state index contributed by atoms with van der Waals surface area (Å²) in [5.74, 6) is 0. The van der Waals surface area contributed by atoms with E-state index >= 15 is 0 Å². The number of carbonyl (C=O) groups is 1. The van der Waals surface area contributed by atoms with Crippen molar-refractivity contribution in [3.8, 4) is 0 Å². The van der Waals surface area contributed by atoms with E-state index in [1.54, 1.807) is 25.2 Å². The third-order valence-corrected chi connectivity index (χ3v) is 0.612. The lowest BCUT2D eigenvalue weighted by molar-refractivity contribution is -0.104. The van der Waals surface area contributed by atoms with Crippen LogP contribution in [0.5, 0.6) is 0 Å². The van der Waals surface area contributed by atoms with Gasteiger partial charge in [0.25, 0.3) is 0 Å². The predicted octanol–water partition coefficient (Wildman–Crippen LogP) is 1.32. The predicted molar refractivity (Wildman–Crippen MR) is 42.8 cm³/mol. The van der Waals surface area contributed by atoms with Gasteiger partial charge in [-0.1, -0.05) is 18.2 Å². The lowest BCUT2D eigenvalue weighted by Crippen LogP contribution is -1.65. The molecule has 2 nitrogen and oxygen atoms in total. The van der Waals surface area contributed by atoms with Crippen molar-refractivity contribution in [3.05, 3.63) is 24.3 Å². The summed E-state index contributed by atoms with van der Waals surface area (Å²) in [6.45, 7) is 3.83. The summed E-state index contributed by atoms with van der Waals surface area (Å²) in [7, 11) is 0. The molecule has 0 radical (unpaired) electrons. The van der Waals surface area contributed by atoms with Gasteiger partial charge in [0.05, 0.1) is 6.61 Å². The van der Waals surface area contributed by atoms with Gasteiger partial charge in [-0.3, -0.25) is 4.79 Å². The van der Waals surface area contributed by atoms with E-state index < -0.39 is 0 Å². The highest BCUT2D eigenvalue weighted by Crippen LogP contribution is 1.60. The second-order valence-electron chi connectivity index (χ2n) is 1.41. The Bertz CT molecular complexity index is 104. The average molecular weight is 142 g/mol. The molecular formula is C8H14O2. The Hall–Kier alpha value is -0.890. The number of aliphatic hydroxyl groups excluding tert-OH is 1. The van der Waals surface area contributed by atoms with E-state index in [0.717, 1.165) is 6.29 Å². The standard InChI is InChI=1S/C4H8O.C4H6O/c2*1-2-3-4-5/h2-3,5H,4H2,1H3;2-4H,1H3/b;3-2+. The van der Waals surface area contributed by atoms with Crippen LogP contribution in [-0.4, -0.2) is 18.0 Å². The van der Waals surface area contributed by atoms with Gasteiger partial charge in [0.15, 0.2) is 0 Å². The molecule has 0 saturated heterocycles. The summed E-state index contributed by atoms with van der Waals surface area (Å²) in [5.41, 5.74) is 0. The van der Waals surface area contributed by atoms with Crippen molar-refractivity contribution in [2.75, 3.05) is 6.61 Å². The van der Waals surface area contributed by atoms with Gasteiger partial charge in [-0.15, -0.1) is 0 Å². The molecule has 0 heterocycles. The Balaban J connectivity index is 0. The third kappa shape index (κ3) is 27.4. The molecule has 0 aliphatic rings. The zero-order valence-corrected chi connectivity index (χ0v) is 6.45. The van der Waals surface area contributed by atoms with Crippen molar-refractivity contribution >= 4 is 6.29 Å². The van der Waals surface area contributed by atoms with E-state index in [4.69, 9.17) is 5.11 Å². The number of carbonyl (C=O) groups excluding carboxylic acids is 1. The van der Waals surface area contributed by atoms with Gasteiger partial charge in [-0.25, -0.2) is 0 Å². The Kier molecular flexibility index (Phi) is 18.6. The highest BCUT2D eigenvalue weighted by atomic mass is 16.2. The number of aliphatic hydroxyl groups is 1. The minimum Gasteiger partial charge on any atom is -0.392 e. The topological polar surface area (TPSA) is 37.3 Å². The second kappa shape index (κ2) is 15.7. The number of hydrogen-bond acceptors (Lipinski definition) is 2. The fourth-order valence-electron chi connectivity index (χ4n) is 0.184. The summed E-state index contributed by atoms with van der Waals surface area (Å²) in [5, 5.41) is 7.98. The van der Waals surface area contributed by atoms with Gasteiger partial charge in [-0.05, 0) is 19.9 Å². The smallest absolute Gasteiger partial charge is 0.142 e. The van der Waals surface area contributed by atoms with Crippen LogP contribution in [0.2, 0.25) is 0 Å². The van der Waals surface area contributed by atoms with E-state index in [2.05, 4.69) is 0 Å². The van der Waals surface area contributed by atoms with Crippen molar-refractivity contribution in [3.63, 3.8) is 0 Å². The van der Waals surface area contributed by atoms with E-state index in [0.29, 0.717) is 0 Å². The molecule has 58 valence electrons. The van der Waals surface area contributed by atoms with Crippen LogP contribution >= 0.6 is 0 Å². The minimum absolute atomic E-state index is 0.163. The Morgan fingerprint density at radius 2 is 1.90 bits per heavy atom. The van der Waals surface area contributed by atoms with Gasteiger partial charge in [-0.2, -0.15) is 0 Å². The fourth-order valence-corrected chi connectivity index (χ4v) is 0.184. The molecule has 0 amide bonds. The molecular weight excluding hydrogens is 128 g/mol. The van der Waals surface area contributed by atoms with Crippen LogP contribution in [0, 0.1) is 0 Å². The molecule has 0 aliphatic carbocycles. The number of rotatable bonds is 2. The van der Waals surface area contributed by atoms with Gasteiger partial charge in [0, 0.05) is 0 Å². The Morgan fingerprint density at radius 1 is 1.30 bits per heavy atom. The molecule has 0 rings (SSSR count). The summed E-state index contributed by atoms with van der Waals surface area (Å²) >= 11 is 0. The molecule has 0 unspecified atom stereocenters. The van der Waals surface area contributed by atoms with Crippen molar-refractivity contribution in [1.29, 1.82) is 0 Å². The summed E-state index contributed by atoms with van der Waals surface area (Å²) < 4.78 is 0. The van der Waals surface area contributed by atoms with Gasteiger partial charge < -0.3 is 5.11 Å². The van der Waals surface area contributed by atoms with E-state index in [1.165, 1.54) is 6.08 Å². The molecule has 0 aromatic rings. The molecule has 0 aromatic heterocycles. The molecule has 0 bridgehead atoms. The maximum atomic E-state index is 9.32. The van der Waals surface area contributed by atoms with Crippen LogP contribution in [0.15, 0.2) is 24.3 Å². The van der Waals surface area contributed by atoms with Crippen LogP contribution in [-0.2, 0) is 4.79 Å². The van der Waals surface area contributed by atoms with E-state index in [-0.39, 0.29) is 6.61 Å². The normalized spacial score (nSPS) is 9.50. The largest absolute Gasteiger partial charge is 0.392 e. The van der Waals surface area contributed by atoms with Crippen LogP contribution in [0.1, 0.15) is 13.8 Å². The zero-order chi connectivity index (χ0) is 8.24. The quantitative estimate of drug-likeness (QED) is 0.358. The third-order valence-electron chi connectivity index (χ3n) is 0.612. The molecule has 10 heavy (non-hydrogen) atoms. The van der Waals surface area contributed by atoms with Gasteiger partial charge >= 0.3 is 0 Å². The van der Waals surface area contributed by atoms with Gasteiger partial charge in [0.1, 0.15) is 6.29 Å². The second-order valence-corrected chi connectivity index (χ2v) is 1.41. The van der Waals surface area contributed by atoms with Crippen LogP contribution in [0.4, 0.5) is 0 Å². The highest BCUT2D eigenvalue weighted by Gasteiger charge is 1.52. The zero-order valence-electron chi connectivity index (χ0n) is 6.45. The Labute approximate surface area is 61.9 Å². The van der Waals surface area contributed by atoms with Crippen molar-refractivity contribution in [2.45, 2.75) is 13.8 Å². The van der Waals surface area contributed by atoms with Crippen LogP contribution < -0.4 is 0 Å². The van der Waals surface area contributed by atoms with Gasteiger partial charge in [0.2, 0.25) is 0 Å². The SMILES string of the molecule is C/C=C/C=O.CC=CCO. The number of allylic oxidation sites excluding steroid dienone is 3. The molecule has 2 heteroatoms. The van der Waals surface area contributed by atoms with Crippen LogP contribution in [0.25, 0.3) is 0 Å². The molecule has 0 fully saturated rings. The monoisotopic (exact) mass is 142 g/mol. The van der Waals surface area contributed by atoms with E-state index in [9.17, 15) is 4.79 Å². The molecule has 0 spiro atoms. The molecule has 1 N–H and O–H groups in total. The van der Waals surface area contributed by atoms with Crippen molar-refractivity contribution in [1.82, 2.24) is 0 Å². The highest BCUT2D eigenvalue weighted by molar-refractivity contribution is 5.64. The molecule has 0 saturated carbocycles. The molecule has 0 aliphatic heterocycles. The number of hydrogen-bond donors (Lipinski definition) is 1. The maximum absolute atomic E-state index is 9.32.